The summed E-state index contributed by atoms with van der Waals surface area (Å²) in [6.45, 7) is 2.28. The third-order valence-corrected chi connectivity index (χ3v) is 4.08. The van der Waals surface area contributed by atoms with E-state index in [0.717, 1.165) is 22.5 Å². The maximum absolute atomic E-state index is 9.61. The van der Waals surface area contributed by atoms with Crippen LogP contribution in [0.4, 0.5) is 5.69 Å². The van der Waals surface area contributed by atoms with E-state index in [0.29, 0.717) is 0 Å². The molecule has 2 N–H and O–H groups in total. The third kappa shape index (κ3) is 3.46. The zero-order chi connectivity index (χ0) is 12.3. The number of anilines is 1. The lowest BCUT2D eigenvalue weighted by molar-refractivity contribution is 0.168. The Morgan fingerprint density at radius 2 is 2.24 bits per heavy atom. The fourth-order valence-electron chi connectivity index (χ4n) is 2.40. The Balaban J connectivity index is 2.02. The molecule has 0 heterocycles. The standard InChI is InChI=1S/C14H20BrNO/c1-14(10-17,9-11-4-2-5-11)16-13-7-3-6-12(15)8-13/h3,6-8,11,16-17H,2,4-5,9-10H2,1H3. The summed E-state index contributed by atoms with van der Waals surface area (Å²) < 4.78 is 1.06. The minimum atomic E-state index is -0.202. The molecule has 3 heteroatoms. The number of aliphatic hydroxyl groups is 1. The van der Waals surface area contributed by atoms with E-state index in [1.807, 2.05) is 18.2 Å². The molecular weight excluding hydrogens is 278 g/mol. The summed E-state index contributed by atoms with van der Waals surface area (Å²) in [7, 11) is 0. The van der Waals surface area contributed by atoms with E-state index < -0.39 is 0 Å². The zero-order valence-corrected chi connectivity index (χ0v) is 11.8. The lowest BCUT2D eigenvalue weighted by atomic mass is 9.76. The van der Waals surface area contributed by atoms with E-state index in [4.69, 9.17) is 0 Å². The maximum Gasteiger partial charge on any atom is 0.0658 e. The van der Waals surface area contributed by atoms with Crippen LogP contribution in [-0.4, -0.2) is 17.3 Å². The predicted molar refractivity (Wildman–Crippen MR) is 75.2 cm³/mol. The molecule has 1 saturated carbocycles. The fraction of sp³-hybridized carbons (Fsp3) is 0.571. The molecular formula is C14H20BrNO. The van der Waals surface area contributed by atoms with Crippen LogP contribution in [0, 0.1) is 5.92 Å². The van der Waals surface area contributed by atoms with Gasteiger partial charge in [0.1, 0.15) is 0 Å². The van der Waals surface area contributed by atoms with Gasteiger partial charge in [0, 0.05) is 10.2 Å². The summed E-state index contributed by atoms with van der Waals surface area (Å²) in [5, 5.41) is 13.1. The van der Waals surface area contributed by atoms with Gasteiger partial charge in [-0.1, -0.05) is 41.3 Å². The van der Waals surface area contributed by atoms with Crippen molar-refractivity contribution < 1.29 is 5.11 Å². The summed E-state index contributed by atoms with van der Waals surface area (Å²) in [4.78, 5) is 0. The van der Waals surface area contributed by atoms with Crippen molar-refractivity contribution in [2.75, 3.05) is 11.9 Å². The number of hydrogen-bond acceptors (Lipinski definition) is 2. The second-order valence-corrected chi connectivity index (χ2v) is 6.27. The number of rotatable bonds is 5. The van der Waals surface area contributed by atoms with Crippen molar-refractivity contribution in [1.82, 2.24) is 0 Å². The van der Waals surface area contributed by atoms with Gasteiger partial charge in [-0.3, -0.25) is 0 Å². The second-order valence-electron chi connectivity index (χ2n) is 5.36. The molecule has 1 atom stereocenters. The Bertz CT molecular complexity index is 378. The van der Waals surface area contributed by atoms with Crippen LogP contribution in [0.15, 0.2) is 28.7 Å². The number of nitrogens with one attached hydrogen (secondary N) is 1. The Labute approximate surface area is 112 Å². The van der Waals surface area contributed by atoms with Gasteiger partial charge < -0.3 is 10.4 Å². The predicted octanol–water partition coefficient (Wildman–Crippen LogP) is 3.80. The summed E-state index contributed by atoms with van der Waals surface area (Å²) >= 11 is 3.46. The highest BCUT2D eigenvalue weighted by Gasteiger charge is 2.30. The largest absolute Gasteiger partial charge is 0.394 e. The van der Waals surface area contributed by atoms with Gasteiger partial charge in [-0.2, -0.15) is 0 Å². The van der Waals surface area contributed by atoms with Crippen LogP contribution < -0.4 is 5.32 Å². The van der Waals surface area contributed by atoms with Crippen molar-refractivity contribution in [3.8, 4) is 0 Å². The first-order chi connectivity index (χ1) is 8.11. The lowest BCUT2D eigenvalue weighted by Crippen LogP contribution is -2.41. The topological polar surface area (TPSA) is 32.3 Å². The molecule has 0 amide bonds. The monoisotopic (exact) mass is 297 g/mol. The minimum absolute atomic E-state index is 0.177. The van der Waals surface area contributed by atoms with Crippen molar-refractivity contribution >= 4 is 21.6 Å². The van der Waals surface area contributed by atoms with Crippen molar-refractivity contribution in [3.63, 3.8) is 0 Å². The molecule has 0 bridgehead atoms. The van der Waals surface area contributed by atoms with Crippen LogP contribution in [0.3, 0.4) is 0 Å². The SMILES string of the molecule is CC(CO)(CC1CCC1)Nc1cccc(Br)c1. The zero-order valence-electron chi connectivity index (χ0n) is 10.2. The molecule has 0 radical (unpaired) electrons. The molecule has 17 heavy (non-hydrogen) atoms. The van der Waals surface area contributed by atoms with Gasteiger partial charge in [0.15, 0.2) is 0 Å². The van der Waals surface area contributed by atoms with Crippen LogP contribution in [0.2, 0.25) is 0 Å². The highest BCUT2D eigenvalue weighted by Crippen LogP contribution is 2.35. The van der Waals surface area contributed by atoms with E-state index >= 15 is 0 Å². The number of hydrogen-bond donors (Lipinski definition) is 2. The van der Waals surface area contributed by atoms with E-state index in [2.05, 4.69) is 34.2 Å². The van der Waals surface area contributed by atoms with Crippen molar-refractivity contribution in [3.05, 3.63) is 28.7 Å². The lowest BCUT2D eigenvalue weighted by Gasteiger charge is -2.37. The summed E-state index contributed by atoms with van der Waals surface area (Å²) in [5.74, 6) is 0.784. The van der Waals surface area contributed by atoms with Gasteiger partial charge in [0.25, 0.3) is 0 Å². The van der Waals surface area contributed by atoms with Crippen molar-refractivity contribution in [1.29, 1.82) is 0 Å². The van der Waals surface area contributed by atoms with E-state index in [9.17, 15) is 5.11 Å². The van der Waals surface area contributed by atoms with Crippen LogP contribution >= 0.6 is 15.9 Å². The molecule has 0 aliphatic heterocycles. The number of halogens is 1. The third-order valence-electron chi connectivity index (χ3n) is 3.58. The molecule has 1 fully saturated rings. The molecule has 0 aromatic heterocycles. The highest BCUT2D eigenvalue weighted by atomic mass is 79.9. The molecule has 1 aromatic rings. The molecule has 1 unspecified atom stereocenters. The van der Waals surface area contributed by atoms with Crippen LogP contribution in [0.5, 0.6) is 0 Å². The number of benzene rings is 1. The van der Waals surface area contributed by atoms with E-state index in [1.54, 1.807) is 0 Å². The van der Waals surface area contributed by atoms with Crippen LogP contribution in [0.25, 0.3) is 0 Å². The minimum Gasteiger partial charge on any atom is -0.394 e. The normalized spacial score (nSPS) is 19.5. The first kappa shape index (κ1) is 12.9. The molecule has 1 aliphatic carbocycles. The average Bonchev–Trinajstić information content (AvgIpc) is 2.24. The van der Waals surface area contributed by atoms with Gasteiger partial charge >= 0.3 is 0 Å². The fourth-order valence-corrected chi connectivity index (χ4v) is 2.80. The van der Waals surface area contributed by atoms with Gasteiger partial charge in [-0.25, -0.2) is 0 Å². The first-order valence-corrected chi connectivity index (χ1v) is 7.05. The summed E-state index contributed by atoms with van der Waals surface area (Å²) in [6.07, 6.45) is 5.03. The summed E-state index contributed by atoms with van der Waals surface area (Å²) in [6, 6.07) is 8.11. The Morgan fingerprint density at radius 3 is 2.76 bits per heavy atom. The molecule has 2 nitrogen and oxygen atoms in total. The van der Waals surface area contributed by atoms with E-state index in [1.165, 1.54) is 19.3 Å². The summed E-state index contributed by atoms with van der Waals surface area (Å²) in [5.41, 5.74) is 0.863. The van der Waals surface area contributed by atoms with Gasteiger partial charge in [0.05, 0.1) is 12.1 Å². The van der Waals surface area contributed by atoms with Crippen LogP contribution in [0.1, 0.15) is 32.6 Å². The molecule has 0 spiro atoms. The second kappa shape index (κ2) is 5.40. The molecule has 2 rings (SSSR count). The van der Waals surface area contributed by atoms with Crippen molar-refractivity contribution in [2.45, 2.75) is 38.1 Å². The molecule has 0 saturated heterocycles. The van der Waals surface area contributed by atoms with Gasteiger partial charge in [0.2, 0.25) is 0 Å². The van der Waals surface area contributed by atoms with Gasteiger partial charge in [-0.05, 0) is 37.5 Å². The maximum atomic E-state index is 9.61. The van der Waals surface area contributed by atoms with E-state index in [-0.39, 0.29) is 12.1 Å². The Morgan fingerprint density at radius 1 is 1.47 bits per heavy atom. The smallest absolute Gasteiger partial charge is 0.0658 e. The highest BCUT2D eigenvalue weighted by molar-refractivity contribution is 9.10. The van der Waals surface area contributed by atoms with Crippen molar-refractivity contribution in [2.24, 2.45) is 5.92 Å². The molecule has 1 aliphatic rings. The molecule has 94 valence electrons. The Kier molecular flexibility index (Phi) is 4.10. The number of aliphatic hydroxyl groups excluding tert-OH is 1. The quantitative estimate of drug-likeness (QED) is 0.866. The first-order valence-electron chi connectivity index (χ1n) is 6.26. The Hall–Kier alpha value is -0.540. The molecule has 1 aromatic carbocycles. The average molecular weight is 298 g/mol. The van der Waals surface area contributed by atoms with Gasteiger partial charge in [-0.15, -0.1) is 0 Å². The van der Waals surface area contributed by atoms with Crippen LogP contribution in [-0.2, 0) is 0 Å².